The third-order valence-corrected chi connectivity index (χ3v) is 5.63. The Labute approximate surface area is 110 Å². The van der Waals surface area contributed by atoms with Gasteiger partial charge in [0.15, 0.2) is 9.76 Å². The van der Waals surface area contributed by atoms with Crippen LogP contribution in [0, 0.1) is 11.8 Å². The smallest absolute Gasteiger partial charge is 0.161 e. The van der Waals surface area contributed by atoms with E-state index in [-0.39, 0.29) is 9.76 Å². The fraction of sp³-hybridized carbons (Fsp3) is 1.00. The molecule has 0 amide bonds. The molecule has 1 N–H and O–H groups in total. The summed E-state index contributed by atoms with van der Waals surface area (Å²) < 4.78 is 5.24. The first-order valence-electron chi connectivity index (χ1n) is 7.44. The molecule has 3 unspecified atom stereocenters. The molecule has 3 atom stereocenters. The van der Waals surface area contributed by atoms with Crippen LogP contribution >= 0.6 is 0 Å². The third-order valence-electron chi connectivity index (χ3n) is 4.44. The van der Waals surface area contributed by atoms with Crippen molar-refractivity contribution in [2.75, 3.05) is 14.2 Å². The molecule has 1 aliphatic rings. The molecule has 0 saturated heterocycles. The first-order chi connectivity index (χ1) is 8.27. The predicted octanol–water partition coefficient (Wildman–Crippen LogP) is 2.72. The molecule has 1 rings (SSSR count). The monoisotopic (exact) mass is 257 g/mol. The first kappa shape index (κ1) is 15.2. The van der Waals surface area contributed by atoms with Gasteiger partial charge >= 0.3 is 0 Å². The summed E-state index contributed by atoms with van der Waals surface area (Å²) in [5.41, 5.74) is 0. The zero-order valence-corrected chi connectivity index (χ0v) is 13.4. The minimum absolute atomic E-state index is 0.198. The quantitative estimate of drug-likeness (QED) is 0.533. The molecule has 102 valence electrons. The van der Waals surface area contributed by atoms with Gasteiger partial charge in [0.05, 0.1) is 0 Å². The molecule has 2 nitrogen and oxygen atoms in total. The average molecular weight is 257 g/mol. The van der Waals surface area contributed by atoms with E-state index in [0.717, 1.165) is 17.9 Å². The summed E-state index contributed by atoms with van der Waals surface area (Å²) in [6, 6.07) is 2.08. The lowest BCUT2D eigenvalue weighted by molar-refractivity contribution is 0.218. The van der Waals surface area contributed by atoms with Crippen molar-refractivity contribution in [2.24, 2.45) is 11.8 Å². The van der Waals surface area contributed by atoms with Crippen molar-refractivity contribution in [1.29, 1.82) is 0 Å². The zero-order valence-electron chi connectivity index (χ0n) is 12.0. The second-order valence-corrected chi connectivity index (χ2v) is 7.42. The largest absolute Gasteiger partial charge is 0.427 e. The topological polar surface area (TPSA) is 21.3 Å². The molecule has 17 heavy (non-hydrogen) atoms. The van der Waals surface area contributed by atoms with E-state index in [0.29, 0.717) is 0 Å². The summed E-state index contributed by atoms with van der Waals surface area (Å²) in [6.45, 7) is 2.45. The Bertz CT molecular complexity index is 189. The third kappa shape index (κ3) is 6.02. The maximum Gasteiger partial charge on any atom is 0.161 e. The lowest BCUT2D eigenvalue weighted by Crippen LogP contribution is -2.31. The van der Waals surface area contributed by atoms with E-state index in [1.807, 2.05) is 7.11 Å². The van der Waals surface area contributed by atoms with Gasteiger partial charge in [-0.1, -0.05) is 39.0 Å². The van der Waals surface area contributed by atoms with Crippen LogP contribution in [0.15, 0.2) is 0 Å². The molecule has 1 fully saturated rings. The summed E-state index contributed by atoms with van der Waals surface area (Å²) in [4.78, 5) is 0. The van der Waals surface area contributed by atoms with Crippen LogP contribution in [-0.2, 0) is 4.43 Å². The molecule has 0 aromatic heterocycles. The van der Waals surface area contributed by atoms with Crippen molar-refractivity contribution < 1.29 is 4.43 Å². The van der Waals surface area contributed by atoms with Crippen LogP contribution < -0.4 is 5.32 Å². The summed E-state index contributed by atoms with van der Waals surface area (Å²) in [7, 11) is 3.79. The SMILES string of the molecule is CNC(CCC[SiH2]OC)CC1CCCCC1C. The van der Waals surface area contributed by atoms with Crippen molar-refractivity contribution in [3.05, 3.63) is 0 Å². The van der Waals surface area contributed by atoms with Crippen LogP contribution in [0.3, 0.4) is 0 Å². The van der Waals surface area contributed by atoms with Crippen LogP contribution in [0.4, 0.5) is 0 Å². The molecule has 0 aromatic carbocycles. The van der Waals surface area contributed by atoms with Gasteiger partial charge in [0, 0.05) is 13.2 Å². The number of nitrogens with one attached hydrogen (secondary N) is 1. The molecule has 0 heterocycles. The molecular formula is C14H31NOSi. The number of rotatable bonds is 8. The Hall–Kier alpha value is 0.137. The molecule has 1 saturated carbocycles. The maximum absolute atomic E-state index is 5.24. The molecule has 0 bridgehead atoms. The summed E-state index contributed by atoms with van der Waals surface area (Å²) >= 11 is 0. The van der Waals surface area contributed by atoms with Crippen molar-refractivity contribution in [1.82, 2.24) is 5.32 Å². The van der Waals surface area contributed by atoms with Gasteiger partial charge in [0.1, 0.15) is 0 Å². The van der Waals surface area contributed by atoms with Crippen molar-refractivity contribution in [3.63, 3.8) is 0 Å². The minimum atomic E-state index is -0.198. The Morgan fingerprint density at radius 2 is 2.12 bits per heavy atom. The lowest BCUT2D eigenvalue weighted by Gasteiger charge is -2.31. The molecule has 0 aliphatic heterocycles. The fourth-order valence-corrected chi connectivity index (χ4v) is 3.91. The van der Waals surface area contributed by atoms with Gasteiger partial charge in [-0.05, 0) is 37.8 Å². The lowest BCUT2D eigenvalue weighted by atomic mass is 9.77. The second kappa shape index (κ2) is 9.12. The van der Waals surface area contributed by atoms with E-state index in [1.165, 1.54) is 51.0 Å². The molecule has 0 aromatic rings. The van der Waals surface area contributed by atoms with Crippen LogP contribution in [0.1, 0.15) is 51.9 Å². The predicted molar refractivity (Wildman–Crippen MR) is 78.2 cm³/mol. The Balaban J connectivity index is 2.20. The normalized spacial score (nSPS) is 27.7. The van der Waals surface area contributed by atoms with Crippen molar-refractivity contribution in [2.45, 2.75) is 64.0 Å². The Morgan fingerprint density at radius 1 is 1.35 bits per heavy atom. The molecular weight excluding hydrogens is 226 g/mol. The highest BCUT2D eigenvalue weighted by Gasteiger charge is 2.23. The second-order valence-electron chi connectivity index (χ2n) is 5.73. The van der Waals surface area contributed by atoms with Gasteiger partial charge in [0.2, 0.25) is 0 Å². The van der Waals surface area contributed by atoms with Gasteiger partial charge in [-0.2, -0.15) is 0 Å². The minimum Gasteiger partial charge on any atom is -0.427 e. The highest BCUT2D eigenvalue weighted by molar-refractivity contribution is 6.26. The highest BCUT2D eigenvalue weighted by Crippen LogP contribution is 2.33. The molecule has 0 radical (unpaired) electrons. The average Bonchev–Trinajstić information content (AvgIpc) is 2.35. The Kier molecular flexibility index (Phi) is 8.15. The highest BCUT2D eigenvalue weighted by atomic mass is 28.2. The molecule has 3 heteroatoms. The van der Waals surface area contributed by atoms with E-state index < -0.39 is 0 Å². The van der Waals surface area contributed by atoms with Crippen LogP contribution in [0.2, 0.25) is 6.04 Å². The van der Waals surface area contributed by atoms with E-state index in [4.69, 9.17) is 4.43 Å². The fourth-order valence-electron chi connectivity index (χ4n) is 3.13. The molecule has 0 spiro atoms. The van der Waals surface area contributed by atoms with E-state index in [9.17, 15) is 0 Å². The summed E-state index contributed by atoms with van der Waals surface area (Å²) in [5, 5.41) is 3.52. The maximum atomic E-state index is 5.24. The van der Waals surface area contributed by atoms with Gasteiger partial charge in [-0.25, -0.2) is 0 Å². The first-order valence-corrected chi connectivity index (χ1v) is 9.01. The summed E-state index contributed by atoms with van der Waals surface area (Å²) in [6.07, 6.45) is 9.93. The van der Waals surface area contributed by atoms with Gasteiger partial charge in [-0.3, -0.25) is 0 Å². The standard InChI is InChI=1S/C14H31NOSi/c1-12-7-4-5-8-13(12)11-14(15-2)9-6-10-17-16-3/h12-15H,4-11,17H2,1-3H3. The van der Waals surface area contributed by atoms with Crippen molar-refractivity contribution >= 4 is 9.76 Å². The number of hydrogen-bond acceptors (Lipinski definition) is 2. The van der Waals surface area contributed by atoms with Crippen LogP contribution in [0.25, 0.3) is 0 Å². The molecule has 1 aliphatic carbocycles. The summed E-state index contributed by atoms with van der Waals surface area (Å²) in [5.74, 6) is 1.92. The van der Waals surface area contributed by atoms with Crippen LogP contribution in [0.5, 0.6) is 0 Å². The van der Waals surface area contributed by atoms with Gasteiger partial charge in [0.25, 0.3) is 0 Å². The number of hydrogen-bond donors (Lipinski definition) is 1. The van der Waals surface area contributed by atoms with Gasteiger partial charge < -0.3 is 9.74 Å². The zero-order chi connectivity index (χ0) is 12.5. The van der Waals surface area contributed by atoms with E-state index >= 15 is 0 Å². The van der Waals surface area contributed by atoms with Crippen LogP contribution in [-0.4, -0.2) is 30.0 Å². The van der Waals surface area contributed by atoms with Gasteiger partial charge in [-0.15, -0.1) is 0 Å². The Morgan fingerprint density at radius 3 is 2.76 bits per heavy atom. The van der Waals surface area contributed by atoms with Crippen molar-refractivity contribution in [3.8, 4) is 0 Å². The van der Waals surface area contributed by atoms with E-state index in [1.54, 1.807) is 0 Å². The van der Waals surface area contributed by atoms with E-state index in [2.05, 4.69) is 19.3 Å².